The van der Waals surface area contributed by atoms with Crippen molar-refractivity contribution in [2.75, 3.05) is 11.9 Å². The molecule has 0 spiro atoms. The summed E-state index contributed by atoms with van der Waals surface area (Å²) in [5, 5.41) is 12.1. The Morgan fingerprint density at radius 2 is 1.94 bits per heavy atom. The first kappa shape index (κ1) is 14.6. The monoisotopic (exact) mass is 249 g/mol. The standard InChI is InChI=1S/C15H23NO2/c1-3-5-6-12-7-9-14(10-8-12)16-11-13(4-2)15(17)18/h7-10,13,16H,3-6,11H2,1-2H3,(H,17,18). The van der Waals surface area contributed by atoms with Crippen molar-refractivity contribution >= 4 is 11.7 Å². The van der Waals surface area contributed by atoms with E-state index in [0.29, 0.717) is 13.0 Å². The highest BCUT2D eigenvalue weighted by molar-refractivity contribution is 5.70. The van der Waals surface area contributed by atoms with Gasteiger partial charge in [0.25, 0.3) is 0 Å². The molecule has 100 valence electrons. The Kier molecular flexibility index (Phi) is 6.26. The van der Waals surface area contributed by atoms with Gasteiger partial charge in [-0.3, -0.25) is 4.79 Å². The van der Waals surface area contributed by atoms with E-state index in [2.05, 4.69) is 24.4 Å². The molecule has 2 N–H and O–H groups in total. The summed E-state index contributed by atoms with van der Waals surface area (Å²) in [6, 6.07) is 8.28. The summed E-state index contributed by atoms with van der Waals surface area (Å²) >= 11 is 0. The molecule has 3 heteroatoms. The van der Waals surface area contributed by atoms with Crippen molar-refractivity contribution in [1.29, 1.82) is 0 Å². The number of hydrogen-bond acceptors (Lipinski definition) is 2. The Balaban J connectivity index is 2.45. The van der Waals surface area contributed by atoms with Crippen LogP contribution >= 0.6 is 0 Å². The van der Waals surface area contributed by atoms with E-state index < -0.39 is 5.97 Å². The maximum absolute atomic E-state index is 10.9. The van der Waals surface area contributed by atoms with E-state index in [9.17, 15) is 4.79 Å². The van der Waals surface area contributed by atoms with Gasteiger partial charge in [0, 0.05) is 12.2 Å². The minimum absolute atomic E-state index is 0.315. The molecule has 0 aliphatic rings. The van der Waals surface area contributed by atoms with Gasteiger partial charge in [-0.15, -0.1) is 0 Å². The zero-order chi connectivity index (χ0) is 13.4. The summed E-state index contributed by atoms with van der Waals surface area (Å²) in [5.41, 5.74) is 2.34. The van der Waals surface area contributed by atoms with Crippen molar-refractivity contribution in [2.45, 2.75) is 39.5 Å². The second-order valence-electron chi connectivity index (χ2n) is 4.62. The Morgan fingerprint density at radius 1 is 1.28 bits per heavy atom. The number of carboxylic acids is 1. The van der Waals surface area contributed by atoms with Crippen LogP contribution in [-0.4, -0.2) is 17.6 Å². The highest BCUT2D eigenvalue weighted by Gasteiger charge is 2.13. The Bertz CT molecular complexity index is 359. The number of unbranched alkanes of at least 4 members (excludes halogenated alkanes) is 1. The van der Waals surface area contributed by atoms with Crippen molar-refractivity contribution < 1.29 is 9.90 Å². The highest BCUT2D eigenvalue weighted by Crippen LogP contribution is 2.13. The van der Waals surface area contributed by atoms with E-state index in [0.717, 1.165) is 12.1 Å². The molecule has 3 nitrogen and oxygen atoms in total. The molecular formula is C15H23NO2. The van der Waals surface area contributed by atoms with Crippen LogP contribution in [0.2, 0.25) is 0 Å². The molecule has 0 saturated carbocycles. The number of aliphatic carboxylic acids is 1. The predicted molar refractivity (Wildman–Crippen MR) is 75.0 cm³/mol. The van der Waals surface area contributed by atoms with E-state index in [1.165, 1.54) is 18.4 Å². The molecule has 1 aromatic rings. The SMILES string of the molecule is CCCCc1ccc(NCC(CC)C(=O)O)cc1. The summed E-state index contributed by atoms with van der Waals surface area (Å²) in [6.45, 7) is 4.57. The third-order valence-electron chi connectivity index (χ3n) is 3.17. The van der Waals surface area contributed by atoms with E-state index in [1.807, 2.05) is 19.1 Å². The Hall–Kier alpha value is -1.51. The zero-order valence-electron chi connectivity index (χ0n) is 11.3. The van der Waals surface area contributed by atoms with E-state index in [-0.39, 0.29) is 5.92 Å². The first-order chi connectivity index (χ1) is 8.67. The molecule has 1 unspecified atom stereocenters. The van der Waals surface area contributed by atoms with Crippen molar-refractivity contribution in [1.82, 2.24) is 0 Å². The average Bonchev–Trinajstić information content (AvgIpc) is 2.38. The maximum Gasteiger partial charge on any atom is 0.308 e. The second kappa shape index (κ2) is 7.75. The fourth-order valence-electron chi connectivity index (χ4n) is 1.82. The molecule has 0 radical (unpaired) electrons. The molecule has 0 fully saturated rings. The minimum Gasteiger partial charge on any atom is -0.481 e. The lowest BCUT2D eigenvalue weighted by Crippen LogP contribution is -2.21. The highest BCUT2D eigenvalue weighted by atomic mass is 16.4. The van der Waals surface area contributed by atoms with E-state index in [4.69, 9.17) is 5.11 Å². The lowest BCUT2D eigenvalue weighted by molar-refractivity contribution is -0.141. The van der Waals surface area contributed by atoms with Gasteiger partial charge in [0.2, 0.25) is 0 Å². The van der Waals surface area contributed by atoms with Gasteiger partial charge in [0.1, 0.15) is 0 Å². The molecule has 0 aliphatic heterocycles. The summed E-state index contributed by atoms with van der Waals surface area (Å²) in [4.78, 5) is 10.9. The largest absolute Gasteiger partial charge is 0.481 e. The fourth-order valence-corrected chi connectivity index (χ4v) is 1.82. The molecule has 0 aromatic heterocycles. The number of anilines is 1. The summed E-state index contributed by atoms with van der Waals surface area (Å²) in [5.74, 6) is -1.05. The van der Waals surface area contributed by atoms with Crippen LogP contribution in [0.4, 0.5) is 5.69 Å². The van der Waals surface area contributed by atoms with Crippen molar-refractivity contribution in [3.63, 3.8) is 0 Å². The Morgan fingerprint density at radius 3 is 2.44 bits per heavy atom. The van der Waals surface area contributed by atoms with Crippen LogP contribution in [0.1, 0.15) is 38.7 Å². The first-order valence-electron chi connectivity index (χ1n) is 6.73. The van der Waals surface area contributed by atoms with Gasteiger partial charge in [0.15, 0.2) is 0 Å². The topological polar surface area (TPSA) is 49.3 Å². The van der Waals surface area contributed by atoms with Gasteiger partial charge >= 0.3 is 5.97 Å². The zero-order valence-corrected chi connectivity index (χ0v) is 11.3. The molecule has 0 saturated heterocycles. The molecule has 0 amide bonds. The third kappa shape index (κ3) is 4.78. The summed E-state index contributed by atoms with van der Waals surface area (Å²) < 4.78 is 0. The summed E-state index contributed by atoms with van der Waals surface area (Å²) in [6.07, 6.45) is 4.18. The number of aryl methyl sites for hydroxylation is 1. The van der Waals surface area contributed by atoms with Crippen LogP contribution in [0.25, 0.3) is 0 Å². The maximum atomic E-state index is 10.9. The van der Waals surface area contributed by atoms with E-state index in [1.54, 1.807) is 0 Å². The first-order valence-corrected chi connectivity index (χ1v) is 6.73. The van der Waals surface area contributed by atoms with Crippen LogP contribution < -0.4 is 5.32 Å². The molecular weight excluding hydrogens is 226 g/mol. The fraction of sp³-hybridized carbons (Fsp3) is 0.533. The van der Waals surface area contributed by atoms with Crippen LogP contribution in [-0.2, 0) is 11.2 Å². The van der Waals surface area contributed by atoms with Crippen LogP contribution in [0.3, 0.4) is 0 Å². The van der Waals surface area contributed by atoms with Crippen LogP contribution in [0.5, 0.6) is 0 Å². The molecule has 0 aliphatic carbocycles. The average molecular weight is 249 g/mol. The van der Waals surface area contributed by atoms with Gasteiger partial charge in [-0.25, -0.2) is 0 Å². The van der Waals surface area contributed by atoms with Gasteiger partial charge < -0.3 is 10.4 Å². The molecule has 1 aromatic carbocycles. The quantitative estimate of drug-likeness (QED) is 0.740. The number of benzene rings is 1. The van der Waals surface area contributed by atoms with Gasteiger partial charge in [-0.1, -0.05) is 32.4 Å². The van der Waals surface area contributed by atoms with Crippen molar-refractivity contribution in [2.24, 2.45) is 5.92 Å². The van der Waals surface area contributed by atoms with Crippen molar-refractivity contribution in [3.05, 3.63) is 29.8 Å². The second-order valence-corrected chi connectivity index (χ2v) is 4.62. The van der Waals surface area contributed by atoms with Gasteiger partial charge in [-0.2, -0.15) is 0 Å². The third-order valence-corrected chi connectivity index (χ3v) is 3.17. The molecule has 18 heavy (non-hydrogen) atoms. The predicted octanol–water partition coefficient (Wildman–Crippen LogP) is 3.55. The van der Waals surface area contributed by atoms with Crippen LogP contribution in [0.15, 0.2) is 24.3 Å². The lowest BCUT2D eigenvalue weighted by atomic mass is 10.1. The number of carboxylic acid groups (broad SMARTS) is 1. The van der Waals surface area contributed by atoms with Crippen molar-refractivity contribution in [3.8, 4) is 0 Å². The number of nitrogens with one attached hydrogen (secondary N) is 1. The lowest BCUT2D eigenvalue weighted by Gasteiger charge is -2.12. The Labute approximate surface area is 109 Å². The van der Waals surface area contributed by atoms with Crippen LogP contribution in [0, 0.1) is 5.92 Å². The summed E-state index contributed by atoms with van der Waals surface area (Å²) in [7, 11) is 0. The number of hydrogen-bond donors (Lipinski definition) is 2. The smallest absolute Gasteiger partial charge is 0.308 e. The number of carbonyl (C=O) groups is 1. The molecule has 0 heterocycles. The molecule has 0 bridgehead atoms. The molecule has 1 rings (SSSR count). The van der Waals surface area contributed by atoms with Gasteiger partial charge in [-0.05, 0) is 37.0 Å². The molecule has 1 atom stereocenters. The number of rotatable bonds is 8. The minimum atomic E-state index is -0.732. The van der Waals surface area contributed by atoms with Gasteiger partial charge in [0.05, 0.1) is 5.92 Å². The van der Waals surface area contributed by atoms with E-state index >= 15 is 0 Å². The normalized spacial score (nSPS) is 12.1.